The molecule has 1 saturated carbocycles. The van der Waals surface area contributed by atoms with Crippen LogP contribution in [0.25, 0.3) is 0 Å². The average Bonchev–Trinajstić information content (AvgIpc) is 2.54. The molecule has 1 saturated heterocycles. The molecule has 1 aliphatic heterocycles. The summed E-state index contributed by atoms with van der Waals surface area (Å²) >= 11 is 0. The van der Waals surface area contributed by atoms with Crippen LogP contribution in [0.2, 0.25) is 0 Å². The molecule has 0 aromatic carbocycles. The van der Waals surface area contributed by atoms with Crippen molar-refractivity contribution in [1.29, 1.82) is 0 Å². The highest BCUT2D eigenvalue weighted by Crippen LogP contribution is 2.26. The maximum Gasteiger partial charge on any atom is 0.281 e. The highest BCUT2D eigenvalue weighted by atomic mass is 32.2. The fourth-order valence-electron chi connectivity index (χ4n) is 3.52. The molecule has 1 amide bonds. The molecule has 1 heterocycles. The highest BCUT2D eigenvalue weighted by Gasteiger charge is 2.35. The van der Waals surface area contributed by atoms with E-state index in [9.17, 15) is 13.2 Å². The van der Waals surface area contributed by atoms with Crippen LogP contribution < -0.4 is 0 Å². The minimum atomic E-state index is -3.42. The minimum absolute atomic E-state index is 0.116. The molecule has 128 valence electrons. The van der Waals surface area contributed by atoms with E-state index in [1.807, 2.05) is 11.9 Å². The van der Waals surface area contributed by atoms with Crippen LogP contribution >= 0.6 is 0 Å². The molecule has 0 radical (unpaired) electrons. The van der Waals surface area contributed by atoms with Crippen molar-refractivity contribution < 1.29 is 13.2 Å². The lowest BCUT2D eigenvalue weighted by Gasteiger charge is -2.37. The van der Waals surface area contributed by atoms with Gasteiger partial charge in [0.2, 0.25) is 5.91 Å². The van der Waals surface area contributed by atoms with Crippen LogP contribution in [0.5, 0.6) is 0 Å². The van der Waals surface area contributed by atoms with E-state index < -0.39 is 10.2 Å². The summed E-state index contributed by atoms with van der Waals surface area (Å²) in [5, 5.41) is 0. The summed E-state index contributed by atoms with van der Waals surface area (Å²) in [7, 11) is 1.54. The summed E-state index contributed by atoms with van der Waals surface area (Å²) in [4.78, 5) is 14.6. The van der Waals surface area contributed by atoms with Gasteiger partial charge in [-0.05, 0) is 25.7 Å². The maximum absolute atomic E-state index is 12.7. The van der Waals surface area contributed by atoms with Gasteiger partial charge in [0, 0.05) is 40.3 Å². The quantitative estimate of drug-likeness (QED) is 0.780. The van der Waals surface area contributed by atoms with Gasteiger partial charge in [0.05, 0.1) is 5.92 Å². The molecule has 7 heteroatoms. The number of hydrogen-bond donors (Lipinski definition) is 0. The van der Waals surface area contributed by atoms with Crippen molar-refractivity contribution in [3.05, 3.63) is 0 Å². The van der Waals surface area contributed by atoms with Crippen molar-refractivity contribution >= 4 is 16.1 Å². The zero-order chi connectivity index (χ0) is 16.3. The van der Waals surface area contributed by atoms with Crippen LogP contribution in [-0.4, -0.2) is 68.1 Å². The molecular weight excluding hydrogens is 302 g/mol. The number of nitrogens with zero attached hydrogens (tertiary/aromatic N) is 3. The Kier molecular flexibility index (Phi) is 5.85. The molecule has 0 aromatic heterocycles. The van der Waals surface area contributed by atoms with E-state index in [0.29, 0.717) is 19.1 Å². The van der Waals surface area contributed by atoms with Gasteiger partial charge in [-0.15, -0.1) is 0 Å². The SMILES string of the molecule is CN(C(=O)[C@@H]1CCCN(S(=O)(=O)N(C)C)C1)C1CCCCC1. The minimum Gasteiger partial charge on any atom is -0.342 e. The average molecular weight is 331 g/mol. The second kappa shape index (κ2) is 7.27. The molecule has 0 bridgehead atoms. The van der Waals surface area contributed by atoms with Crippen molar-refractivity contribution in [1.82, 2.24) is 13.5 Å². The van der Waals surface area contributed by atoms with Gasteiger partial charge in [-0.3, -0.25) is 4.79 Å². The molecule has 2 aliphatic rings. The summed E-state index contributed by atoms with van der Waals surface area (Å²) in [6.45, 7) is 0.827. The first-order chi connectivity index (χ1) is 10.3. The Bertz CT molecular complexity index is 486. The summed E-state index contributed by atoms with van der Waals surface area (Å²) in [5.74, 6) is -0.0824. The summed E-state index contributed by atoms with van der Waals surface area (Å²) < 4.78 is 27.2. The molecule has 2 fully saturated rings. The molecule has 0 aromatic rings. The lowest BCUT2D eigenvalue weighted by molar-refractivity contribution is -0.138. The van der Waals surface area contributed by atoms with E-state index in [1.54, 1.807) is 0 Å². The monoisotopic (exact) mass is 331 g/mol. The van der Waals surface area contributed by atoms with Crippen molar-refractivity contribution in [2.75, 3.05) is 34.2 Å². The van der Waals surface area contributed by atoms with Gasteiger partial charge in [-0.2, -0.15) is 17.0 Å². The Morgan fingerprint density at radius 2 is 1.64 bits per heavy atom. The van der Waals surface area contributed by atoms with Crippen molar-refractivity contribution in [2.24, 2.45) is 5.92 Å². The second-order valence-corrected chi connectivity index (χ2v) is 8.87. The zero-order valence-corrected chi connectivity index (χ0v) is 14.8. The van der Waals surface area contributed by atoms with Gasteiger partial charge in [-0.25, -0.2) is 0 Å². The fourth-order valence-corrected chi connectivity index (χ4v) is 4.71. The largest absolute Gasteiger partial charge is 0.342 e. The number of piperidine rings is 1. The third kappa shape index (κ3) is 3.81. The Morgan fingerprint density at radius 1 is 1.00 bits per heavy atom. The fraction of sp³-hybridized carbons (Fsp3) is 0.933. The predicted octanol–water partition coefficient (Wildman–Crippen LogP) is 1.30. The Hall–Kier alpha value is -0.660. The van der Waals surface area contributed by atoms with Gasteiger partial charge in [-0.1, -0.05) is 19.3 Å². The second-order valence-electron chi connectivity index (χ2n) is 6.73. The third-order valence-corrected chi connectivity index (χ3v) is 6.90. The Labute approximate surface area is 134 Å². The molecule has 0 spiro atoms. The summed E-state index contributed by atoms with van der Waals surface area (Å²) in [6, 6.07) is 0.335. The Balaban J connectivity index is 2.00. The molecule has 1 aliphatic carbocycles. The Morgan fingerprint density at radius 3 is 2.23 bits per heavy atom. The predicted molar refractivity (Wildman–Crippen MR) is 86.5 cm³/mol. The van der Waals surface area contributed by atoms with Crippen LogP contribution in [0.4, 0.5) is 0 Å². The van der Waals surface area contributed by atoms with E-state index in [4.69, 9.17) is 0 Å². The molecule has 0 unspecified atom stereocenters. The topological polar surface area (TPSA) is 60.9 Å². The lowest BCUT2D eigenvalue weighted by Crippen LogP contribution is -2.50. The number of hydrogen-bond acceptors (Lipinski definition) is 3. The number of rotatable bonds is 4. The molecule has 22 heavy (non-hydrogen) atoms. The maximum atomic E-state index is 12.7. The molecular formula is C15H29N3O3S. The first-order valence-corrected chi connectivity index (χ1v) is 9.68. The highest BCUT2D eigenvalue weighted by molar-refractivity contribution is 7.86. The van der Waals surface area contributed by atoms with E-state index in [0.717, 1.165) is 25.7 Å². The lowest BCUT2D eigenvalue weighted by atomic mass is 9.92. The van der Waals surface area contributed by atoms with Gasteiger partial charge in [0.25, 0.3) is 10.2 Å². The van der Waals surface area contributed by atoms with Crippen LogP contribution in [0, 0.1) is 5.92 Å². The summed E-state index contributed by atoms with van der Waals surface area (Å²) in [6.07, 6.45) is 7.33. The first kappa shape index (κ1) is 17.7. The van der Waals surface area contributed by atoms with Crippen LogP contribution in [0.1, 0.15) is 44.9 Å². The van der Waals surface area contributed by atoms with E-state index in [2.05, 4.69) is 0 Å². The summed E-state index contributed by atoms with van der Waals surface area (Å²) in [5.41, 5.74) is 0. The van der Waals surface area contributed by atoms with E-state index in [-0.39, 0.29) is 11.8 Å². The van der Waals surface area contributed by atoms with Crippen molar-refractivity contribution in [3.8, 4) is 0 Å². The van der Waals surface area contributed by atoms with Gasteiger partial charge in [0.15, 0.2) is 0 Å². The van der Waals surface area contributed by atoms with Crippen LogP contribution in [0.3, 0.4) is 0 Å². The first-order valence-electron chi connectivity index (χ1n) is 8.28. The molecule has 6 nitrogen and oxygen atoms in total. The van der Waals surface area contributed by atoms with Crippen molar-refractivity contribution in [3.63, 3.8) is 0 Å². The standard InChI is InChI=1S/C15H29N3O3S/c1-16(2)22(20,21)18-11-7-8-13(12-18)15(19)17(3)14-9-5-4-6-10-14/h13-14H,4-12H2,1-3H3/t13-/m1/s1. The van der Waals surface area contributed by atoms with Crippen LogP contribution in [0.15, 0.2) is 0 Å². The third-order valence-electron chi connectivity index (χ3n) is 4.99. The number of carbonyl (C=O) groups is 1. The van der Waals surface area contributed by atoms with E-state index >= 15 is 0 Å². The number of carbonyl (C=O) groups excluding carboxylic acids is 1. The number of amides is 1. The molecule has 2 rings (SSSR count). The van der Waals surface area contributed by atoms with Gasteiger partial charge in [0.1, 0.15) is 0 Å². The smallest absolute Gasteiger partial charge is 0.281 e. The van der Waals surface area contributed by atoms with Crippen molar-refractivity contribution in [2.45, 2.75) is 51.0 Å². The normalized spacial score (nSPS) is 25.4. The molecule has 1 atom stereocenters. The van der Waals surface area contributed by atoms with Gasteiger partial charge < -0.3 is 4.90 Å². The van der Waals surface area contributed by atoms with Gasteiger partial charge >= 0.3 is 0 Å². The van der Waals surface area contributed by atoms with Crippen LogP contribution in [-0.2, 0) is 15.0 Å². The van der Waals surface area contributed by atoms with E-state index in [1.165, 1.54) is 42.0 Å². The zero-order valence-electron chi connectivity index (χ0n) is 14.0. The molecule has 0 N–H and O–H groups in total.